The maximum Gasteiger partial charge on any atom is 0.282 e. The van der Waals surface area contributed by atoms with Crippen molar-refractivity contribution in [3.05, 3.63) is 22.7 Å². The van der Waals surface area contributed by atoms with Gasteiger partial charge in [-0.25, -0.2) is 0 Å². The molecule has 2 N–H and O–H groups in total. The van der Waals surface area contributed by atoms with Crippen LogP contribution in [-0.4, -0.2) is 10.6 Å². The van der Waals surface area contributed by atoms with Crippen LogP contribution in [0.3, 0.4) is 0 Å². The lowest BCUT2D eigenvalue weighted by molar-refractivity contribution is -0.118. The molecule has 0 aliphatic heterocycles. The van der Waals surface area contributed by atoms with Crippen LogP contribution in [0.2, 0.25) is 0 Å². The first-order chi connectivity index (χ1) is 5.20. The summed E-state index contributed by atoms with van der Waals surface area (Å²) in [7, 11) is 0. The van der Waals surface area contributed by atoms with Crippen LogP contribution >= 0.6 is 0 Å². The molecule has 1 heterocycles. The molecule has 0 bridgehead atoms. The molecule has 0 unspecified atom stereocenters. The van der Waals surface area contributed by atoms with Crippen molar-refractivity contribution in [1.29, 1.82) is 0 Å². The minimum Gasteiger partial charge on any atom is -0.384 e. The molecule has 11 heavy (non-hydrogen) atoms. The quantitative estimate of drug-likeness (QED) is 0.629. The monoisotopic (exact) mass is 156 g/mol. The summed E-state index contributed by atoms with van der Waals surface area (Å²) in [5.41, 5.74) is 4.61. The van der Waals surface area contributed by atoms with E-state index in [0.717, 1.165) is 4.74 Å². The highest BCUT2D eigenvalue weighted by molar-refractivity contribution is 5.73. The van der Waals surface area contributed by atoms with Crippen molar-refractivity contribution in [3.63, 3.8) is 0 Å². The number of carbonyl (C=O) groups is 1. The van der Waals surface area contributed by atoms with Gasteiger partial charge in [-0.15, -0.1) is 0 Å². The molecule has 0 fully saturated rings. The molecule has 0 saturated heterocycles. The van der Waals surface area contributed by atoms with Crippen molar-refractivity contribution in [2.24, 2.45) is 5.73 Å². The fraction of sp³-hybridized carbons (Fsp3) is 0.333. The van der Waals surface area contributed by atoms with Crippen molar-refractivity contribution in [1.82, 2.24) is 4.74 Å². The van der Waals surface area contributed by atoms with E-state index in [4.69, 9.17) is 10.3 Å². The molecule has 0 aromatic carbocycles. The van der Waals surface area contributed by atoms with Crippen LogP contribution in [-0.2, 0) is 11.3 Å². The third-order valence-corrected chi connectivity index (χ3v) is 1.21. The van der Waals surface area contributed by atoms with Crippen molar-refractivity contribution in [2.75, 3.05) is 0 Å². The fourth-order valence-corrected chi connectivity index (χ4v) is 0.672. The first-order valence-electron chi connectivity index (χ1n) is 3.13. The predicted octanol–water partition coefficient (Wildman–Crippen LogP) is -0.683. The number of hydrogen-bond donors (Lipinski definition) is 1. The zero-order valence-corrected chi connectivity index (χ0v) is 5.82. The molecule has 0 aliphatic rings. The number of nitrogens with zero attached hydrogens (tertiary/aromatic N) is 1. The molecule has 0 spiro atoms. The topological polar surface area (TPSA) is 78.2 Å². The van der Waals surface area contributed by atoms with E-state index in [1.54, 1.807) is 0 Å². The van der Waals surface area contributed by atoms with Gasteiger partial charge in [0.15, 0.2) is 0 Å². The number of carbonyl (C=O) groups excluding carboxylic acids is 1. The number of nitrogens with two attached hydrogens (primary N) is 1. The Kier molecular flexibility index (Phi) is 2.10. The molecule has 60 valence electrons. The van der Waals surface area contributed by atoms with Crippen LogP contribution in [0.4, 0.5) is 0 Å². The van der Waals surface area contributed by atoms with E-state index < -0.39 is 5.91 Å². The Morgan fingerprint density at radius 1 is 1.73 bits per heavy atom. The summed E-state index contributed by atoms with van der Waals surface area (Å²) in [6.45, 7) is 0.209. The maximum atomic E-state index is 10.7. The van der Waals surface area contributed by atoms with Gasteiger partial charge in [0.1, 0.15) is 6.26 Å². The van der Waals surface area contributed by atoms with Gasteiger partial charge in [-0.1, -0.05) is 0 Å². The number of amides is 1. The largest absolute Gasteiger partial charge is 0.384 e. The zero-order valence-electron chi connectivity index (χ0n) is 5.82. The molecule has 1 aromatic rings. The number of hydrogen-bond acceptors (Lipinski definition) is 3. The smallest absolute Gasteiger partial charge is 0.282 e. The van der Waals surface area contributed by atoms with Crippen LogP contribution in [0, 0.1) is 0 Å². The van der Waals surface area contributed by atoms with E-state index in [1.807, 2.05) is 0 Å². The van der Waals surface area contributed by atoms with Crippen LogP contribution < -0.4 is 11.3 Å². The third kappa shape index (κ3) is 1.96. The Hall–Kier alpha value is -1.52. The minimum absolute atomic E-state index is 0.118. The van der Waals surface area contributed by atoms with E-state index >= 15 is 0 Å². The summed E-state index contributed by atoms with van der Waals surface area (Å²) >= 11 is 0. The summed E-state index contributed by atoms with van der Waals surface area (Å²) in [4.78, 5) is 21.0. The Labute approximate surface area is 62.4 Å². The Bertz CT molecular complexity index is 299. The van der Waals surface area contributed by atoms with Gasteiger partial charge in [-0.2, -0.15) is 4.74 Å². The summed E-state index contributed by atoms with van der Waals surface area (Å²) in [6, 6.07) is 1.28. The highest BCUT2D eigenvalue weighted by Crippen LogP contribution is 1.85. The molecule has 0 aliphatic carbocycles. The highest BCUT2D eigenvalue weighted by atomic mass is 16.5. The summed E-state index contributed by atoms with van der Waals surface area (Å²) < 4.78 is 5.79. The van der Waals surface area contributed by atoms with Crippen LogP contribution in [0.25, 0.3) is 0 Å². The fourth-order valence-electron chi connectivity index (χ4n) is 0.672. The van der Waals surface area contributed by atoms with Gasteiger partial charge in [0.05, 0.1) is 6.54 Å². The number of aromatic nitrogens is 1. The highest BCUT2D eigenvalue weighted by Gasteiger charge is 1.99. The van der Waals surface area contributed by atoms with Gasteiger partial charge in [-0.3, -0.25) is 9.59 Å². The molecule has 0 atom stereocenters. The van der Waals surface area contributed by atoms with Crippen molar-refractivity contribution in [3.8, 4) is 0 Å². The lowest BCUT2D eigenvalue weighted by atomic mass is 10.4. The Balaban J connectivity index is 2.58. The standard InChI is InChI=1S/C6H8N2O3/c7-5(9)1-3-8-6(10)2-4-11-8/h2,4H,1,3H2,(H2,7,9). The van der Waals surface area contributed by atoms with Crippen LogP contribution in [0.5, 0.6) is 0 Å². The molecule has 5 nitrogen and oxygen atoms in total. The molecular formula is C6H8N2O3. The molecule has 1 amide bonds. The second kappa shape index (κ2) is 3.05. The summed E-state index contributed by atoms with van der Waals surface area (Å²) in [6.07, 6.45) is 1.39. The minimum atomic E-state index is -0.451. The zero-order chi connectivity index (χ0) is 8.27. The summed E-state index contributed by atoms with van der Waals surface area (Å²) in [5, 5.41) is 0. The lowest BCUT2D eigenvalue weighted by Crippen LogP contribution is -2.19. The van der Waals surface area contributed by atoms with Gasteiger partial charge in [0.2, 0.25) is 5.91 Å². The predicted molar refractivity (Wildman–Crippen MR) is 36.8 cm³/mol. The molecule has 1 rings (SSSR count). The molecule has 5 heteroatoms. The van der Waals surface area contributed by atoms with Gasteiger partial charge >= 0.3 is 0 Å². The first-order valence-corrected chi connectivity index (χ1v) is 3.13. The Morgan fingerprint density at radius 3 is 2.91 bits per heavy atom. The first kappa shape index (κ1) is 7.59. The molecule has 1 aromatic heterocycles. The van der Waals surface area contributed by atoms with E-state index in [2.05, 4.69) is 0 Å². The van der Waals surface area contributed by atoms with Crippen LogP contribution in [0.15, 0.2) is 21.6 Å². The summed E-state index contributed by atoms with van der Waals surface area (Å²) in [5.74, 6) is -0.451. The number of aryl methyl sites for hydroxylation is 1. The number of primary amides is 1. The lowest BCUT2D eigenvalue weighted by Gasteiger charge is -1.94. The van der Waals surface area contributed by atoms with Crippen molar-refractivity contribution in [2.45, 2.75) is 13.0 Å². The van der Waals surface area contributed by atoms with Crippen LogP contribution in [0.1, 0.15) is 6.42 Å². The second-order valence-corrected chi connectivity index (χ2v) is 2.06. The van der Waals surface area contributed by atoms with E-state index in [0.29, 0.717) is 0 Å². The van der Waals surface area contributed by atoms with Gasteiger partial charge < -0.3 is 10.3 Å². The molecule has 0 saturated carbocycles. The van der Waals surface area contributed by atoms with E-state index in [9.17, 15) is 9.59 Å². The van der Waals surface area contributed by atoms with E-state index in [-0.39, 0.29) is 18.5 Å². The van der Waals surface area contributed by atoms with Crippen molar-refractivity contribution < 1.29 is 9.32 Å². The molecular weight excluding hydrogens is 148 g/mol. The van der Waals surface area contributed by atoms with Gasteiger partial charge in [0, 0.05) is 12.5 Å². The SMILES string of the molecule is NC(=O)CCn1occc1=O. The Morgan fingerprint density at radius 2 is 2.45 bits per heavy atom. The van der Waals surface area contributed by atoms with Gasteiger partial charge in [0.25, 0.3) is 5.56 Å². The van der Waals surface area contributed by atoms with Gasteiger partial charge in [-0.05, 0) is 0 Å². The number of rotatable bonds is 3. The average molecular weight is 156 g/mol. The average Bonchev–Trinajstić information content (AvgIpc) is 2.31. The molecule has 0 radical (unpaired) electrons. The maximum absolute atomic E-state index is 10.7. The normalized spacial score (nSPS) is 9.82. The van der Waals surface area contributed by atoms with E-state index in [1.165, 1.54) is 12.3 Å². The second-order valence-electron chi connectivity index (χ2n) is 2.06. The third-order valence-electron chi connectivity index (χ3n) is 1.21. The van der Waals surface area contributed by atoms with Crippen molar-refractivity contribution >= 4 is 5.91 Å².